The van der Waals surface area contributed by atoms with Crippen LogP contribution in [0.4, 0.5) is 0 Å². The summed E-state index contributed by atoms with van der Waals surface area (Å²) in [6, 6.07) is 0. The molecule has 1 fully saturated rings. The van der Waals surface area contributed by atoms with Crippen molar-refractivity contribution in [2.75, 3.05) is 33.2 Å². The lowest BCUT2D eigenvalue weighted by atomic mass is 9.94. The average molecular weight is 184 g/mol. The van der Waals surface area contributed by atoms with Crippen molar-refractivity contribution in [3.63, 3.8) is 0 Å². The summed E-state index contributed by atoms with van der Waals surface area (Å²) in [4.78, 5) is 2.46. The molecule has 1 N–H and O–H groups in total. The number of hydrogen-bond acceptors (Lipinski definition) is 2. The lowest BCUT2D eigenvalue weighted by Crippen LogP contribution is -2.30. The van der Waals surface area contributed by atoms with Crippen molar-refractivity contribution < 1.29 is 0 Å². The van der Waals surface area contributed by atoms with Crippen LogP contribution in [0.15, 0.2) is 0 Å². The van der Waals surface area contributed by atoms with E-state index in [0.717, 1.165) is 5.92 Å². The summed E-state index contributed by atoms with van der Waals surface area (Å²) in [5.74, 6) is 0.987. The summed E-state index contributed by atoms with van der Waals surface area (Å²) < 4.78 is 0. The quantitative estimate of drug-likeness (QED) is 0.700. The first-order valence-electron chi connectivity index (χ1n) is 5.72. The Balaban J connectivity index is 2.03. The molecule has 2 heteroatoms. The second-order valence-electron chi connectivity index (χ2n) is 4.29. The Kier molecular flexibility index (Phi) is 5.40. The van der Waals surface area contributed by atoms with E-state index in [2.05, 4.69) is 24.2 Å². The summed E-state index contributed by atoms with van der Waals surface area (Å²) in [7, 11) is 2.24. The highest BCUT2D eigenvalue weighted by atomic mass is 15.1. The molecule has 0 amide bonds. The molecule has 0 atom stereocenters. The van der Waals surface area contributed by atoms with Gasteiger partial charge in [0.15, 0.2) is 0 Å². The molecule has 0 saturated carbocycles. The number of piperidine rings is 1. The third-order valence-electron chi connectivity index (χ3n) is 2.98. The van der Waals surface area contributed by atoms with E-state index in [0.29, 0.717) is 0 Å². The Morgan fingerprint density at radius 3 is 2.54 bits per heavy atom. The van der Waals surface area contributed by atoms with Crippen LogP contribution in [0.2, 0.25) is 0 Å². The van der Waals surface area contributed by atoms with Crippen LogP contribution in [0, 0.1) is 5.92 Å². The molecule has 0 bridgehead atoms. The molecule has 1 aliphatic rings. The van der Waals surface area contributed by atoms with E-state index in [9.17, 15) is 0 Å². The molecule has 0 radical (unpaired) electrons. The first kappa shape index (κ1) is 11.0. The molecule has 2 nitrogen and oxygen atoms in total. The lowest BCUT2D eigenvalue weighted by molar-refractivity contribution is 0.271. The maximum atomic E-state index is 3.41. The Bertz CT molecular complexity index is 119. The van der Waals surface area contributed by atoms with Crippen LogP contribution < -0.4 is 5.32 Å². The van der Waals surface area contributed by atoms with Gasteiger partial charge in [0.25, 0.3) is 0 Å². The normalized spacial score (nSPS) is 19.6. The molecule has 1 saturated heterocycles. The van der Waals surface area contributed by atoms with Crippen molar-refractivity contribution >= 4 is 0 Å². The van der Waals surface area contributed by atoms with Crippen molar-refractivity contribution in [2.24, 2.45) is 5.92 Å². The van der Waals surface area contributed by atoms with E-state index < -0.39 is 0 Å². The van der Waals surface area contributed by atoms with Crippen LogP contribution >= 0.6 is 0 Å². The number of rotatable bonds is 5. The highest BCUT2D eigenvalue weighted by Gasteiger charge is 2.12. The fourth-order valence-electron chi connectivity index (χ4n) is 2.07. The third-order valence-corrected chi connectivity index (χ3v) is 2.98. The van der Waals surface area contributed by atoms with Gasteiger partial charge in [0, 0.05) is 0 Å². The van der Waals surface area contributed by atoms with Crippen LogP contribution in [-0.2, 0) is 0 Å². The number of nitrogens with one attached hydrogen (secondary N) is 1. The molecule has 78 valence electrons. The predicted octanol–water partition coefficient (Wildman–Crippen LogP) is 1.72. The molecular weight excluding hydrogens is 160 g/mol. The first-order valence-corrected chi connectivity index (χ1v) is 5.72. The zero-order valence-corrected chi connectivity index (χ0v) is 9.18. The topological polar surface area (TPSA) is 15.3 Å². The smallest absolute Gasteiger partial charge is 0.00191 e. The molecule has 0 unspecified atom stereocenters. The van der Waals surface area contributed by atoms with Crippen molar-refractivity contribution in [1.29, 1.82) is 0 Å². The van der Waals surface area contributed by atoms with Crippen LogP contribution in [0.3, 0.4) is 0 Å². The molecule has 0 aromatic heterocycles. The van der Waals surface area contributed by atoms with E-state index >= 15 is 0 Å². The maximum absolute atomic E-state index is 3.41. The minimum absolute atomic E-state index is 0.987. The van der Waals surface area contributed by atoms with Gasteiger partial charge in [0.2, 0.25) is 0 Å². The van der Waals surface area contributed by atoms with Crippen LogP contribution in [0.5, 0.6) is 0 Å². The van der Waals surface area contributed by atoms with Gasteiger partial charge >= 0.3 is 0 Å². The molecular formula is C11H24N2. The van der Waals surface area contributed by atoms with E-state index in [-0.39, 0.29) is 0 Å². The van der Waals surface area contributed by atoms with Gasteiger partial charge in [0.1, 0.15) is 0 Å². The van der Waals surface area contributed by atoms with Gasteiger partial charge in [-0.1, -0.05) is 6.92 Å². The standard InChI is InChI=1S/C11H24N2/c1-3-9-13(2)10-6-11-4-7-12-8-5-11/h11-12H,3-10H2,1-2H3. The molecule has 0 aliphatic carbocycles. The van der Waals surface area contributed by atoms with Gasteiger partial charge in [-0.15, -0.1) is 0 Å². The van der Waals surface area contributed by atoms with Crippen molar-refractivity contribution in [2.45, 2.75) is 32.6 Å². The number of nitrogens with zero attached hydrogens (tertiary/aromatic N) is 1. The molecule has 1 heterocycles. The SMILES string of the molecule is CCCN(C)CCC1CCNCC1. The summed E-state index contributed by atoms with van der Waals surface area (Å²) in [5, 5.41) is 3.41. The Morgan fingerprint density at radius 2 is 1.92 bits per heavy atom. The van der Waals surface area contributed by atoms with Crippen LogP contribution in [0.25, 0.3) is 0 Å². The second kappa shape index (κ2) is 6.39. The van der Waals surface area contributed by atoms with E-state index in [1.54, 1.807) is 0 Å². The Hall–Kier alpha value is -0.0800. The zero-order chi connectivity index (χ0) is 9.52. The lowest BCUT2D eigenvalue weighted by Gasteiger charge is -2.25. The third kappa shape index (κ3) is 4.63. The van der Waals surface area contributed by atoms with Gasteiger partial charge in [0.05, 0.1) is 0 Å². The van der Waals surface area contributed by atoms with Gasteiger partial charge < -0.3 is 10.2 Å². The van der Waals surface area contributed by atoms with Crippen molar-refractivity contribution in [1.82, 2.24) is 10.2 Å². The molecule has 0 spiro atoms. The van der Waals surface area contributed by atoms with E-state index in [4.69, 9.17) is 0 Å². The predicted molar refractivity (Wildman–Crippen MR) is 58.0 cm³/mol. The summed E-state index contributed by atoms with van der Waals surface area (Å²) in [6.45, 7) is 7.27. The zero-order valence-electron chi connectivity index (χ0n) is 9.18. The van der Waals surface area contributed by atoms with E-state index in [1.807, 2.05) is 0 Å². The summed E-state index contributed by atoms with van der Waals surface area (Å²) >= 11 is 0. The van der Waals surface area contributed by atoms with Crippen molar-refractivity contribution in [3.8, 4) is 0 Å². The summed E-state index contributed by atoms with van der Waals surface area (Å²) in [6.07, 6.45) is 5.46. The second-order valence-corrected chi connectivity index (χ2v) is 4.29. The van der Waals surface area contributed by atoms with Gasteiger partial charge in [-0.3, -0.25) is 0 Å². The highest BCUT2D eigenvalue weighted by molar-refractivity contribution is 4.69. The minimum atomic E-state index is 0.987. The fraction of sp³-hybridized carbons (Fsp3) is 1.00. The maximum Gasteiger partial charge on any atom is -0.00191 e. The average Bonchev–Trinajstić information content (AvgIpc) is 2.17. The molecule has 0 aromatic carbocycles. The molecule has 1 rings (SSSR count). The van der Waals surface area contributed by atoms with E-state index in [1.165, 1.54) is 51.9 Å². The van der Waals surface area contributed by atoms with Crippen molar-refractivity contribution in [3.05, 3.63) is 0 Å². The molecule has 1 aliphatic heterocycles. The van der Waals surface area contributed by atoms with Gasteiger partial charge in [-0.25, -0.2) is 0 Å². The number of hydrogen-bond donors (Lipinski definition) is 1. The molecule has 13 heavy (non-hydrogen) atoms. The van der Waals surface area contributed by atoms with Gasteiger partial charge in [-0.05, 0) is 64.8 Å². The van der Waals surface area contributed by atoms with Crippen LogP contribution in [0.1, 0.15) is 32.6 Å². The Morgan fingerprint density at radius 1 is 1.23 bits per heavy atom. The Labute approximate surface area is 82.7 Å². The monoisotopic (exact) mass is 184 g/mol. The first-order chi connectivity index (χ1) is 6.33. The largest absolute Gasteiger partial charge is 0.317 e. The molecule has 0 aromatic rings. The highest BCUT2D eigenvalue weighted by Crippen LogP contribution is 2.15. The van der Waals surface area contributed by atoms with Gasteiger partial charge in [-0.2, -0.15) is 0 Å². The minimum Gasteiger partial charge on any atom is -0.317 e. The fourth-order valence-corrected chi connectivity index (χ4v) is 2.07. The summed E-state index contributed by atoms with van der Waals surface area (Å²) in [5.41, 5.74) is 0. The van der Waals surface area contributed by atoms with Crippen LogP contribution in [-0.4, -0.2) is 38.1 Å².